The van der Waals surface area contributed by atoms with Crippen LogP contribution >= 0.6 is 0 Å². The Morgan fingerprint density at radius 3 is 2.52 bits per heavy atom. The molecule has 0 saturated heterocycles. The number of ether oxygens (including phenoxy) is 1. The predicted octanol–water partition coefficient (Wildman–Crippen LogP) is 3.35. The summed E-state index contributed by atoms with van der Waals surface area (Å²) in [5.74, 6) is 1.33. The van der Waals surface area contributed by atoms with Crippen LogP contribution in [0.25, 0.3) is 0 Å². The van der Waals surface area contributed by atoms with Crippen LogP contribution in [-0.2, 0) is 6.42 Å². The van der Waals surface area contributed by atoms with E-state index in [1.807, 2.05) is 31.2 Å². The van der Waals surface area contributed by atoms with Gasteiger partial charge in [0.25, 0.3) is 0 Å². The molecule has 1 aromatic heterocycles. The van der Waals surface area contributed by atoms with E-state index in [1.54, 1.807) is 14.0 Å². The molecule has 0 amide bonds. The first-order valence-corrected chi connectivity index (χ1v) is 7.03. The molecule has 1 aromatic carbocycles. The molecule has 0 bridgehead atoms. The molecule has 5 heteroatoms. The van der Waals surface area contributed by atoms with Crippen LogP contribution in [0.3, 0.4) is 0 Å². The van der Waals surface area contributed by atoms with Gasteiger partial charge < -0.3 is 10.1 Å². The standard InChI is InChI=1S/C16H20FN3O/c1-4-9-18-16-15(17)11(2)19-14(20-16)10-12-5-7-13(21-3)8-6-12/h5-8H,4,9-10H2,1-3H3,(H,18,19,20). The number of aryl methyl sites for hydroxylation is 1. The fourth-order valence-electron chi connectivity index (χ4n) is 1.98. The second kappa shape index (κ2) is 7.02. The highest BCUT2D eigenvalue weighted by Gasteiger charge is 2.11. The van der Waals surface area contributed by atoms with Crippen molar-refractivity contribution in [3.63, 3.8) is 0 Å². The normalized spacial score (nSPS) is 10.5. The molecule has 0 spiro atoms. The molecular formula is C16H20FN3O. The molecule has 0 radical (unpaired) electrons. The molecule has 0 fully saturated rings. The van der Waals surface area contributed by atoms with Crippen LogP contribution in [0.1, 0.15) is 30.4 Å². The molecule has 1 heterocycles. The van der Waals surface area contributed by atoms with Crippen LogP contribution in [0.2, 0.25) is 0 Å². The van der Waals surface area contributed by atoms with Crippen molar-refractivity contribution < 1.29 is 9.13 Å². The summed E-state index contributed by atoms with van der Waals surface area (Å²) >= 11 is 0. The van der Waals surface area contributed by atoms with Crippen LogP contribution in [0.5, 0.6) is 5.75 Å². The lowest BCUT2D eigenvalue weighted by atomic mass is 10.1. The van der Waals surface area contributed by atoms with E-state index >= 15 is 0 Å². The number of methoxy groups -OCH3 is 1. The van der Waals surface area contributed by atoms with Crippen LogP contribution in [0.4, 0.5) is 10.2 Å². The van der Waals surface area contributed by atoms with E-state index in [1.165, 1.54) is 0 Å². The Bertz CT molecular complexity index is 599. The molecule has 0 unspecified atom stereocenters. The summed E-state index contributed by atoms with van der Waals surface area (Å²) in [6.07, 6.45) is 1.47. The van der Waals surface area contributed by atoms with E-state index in [0.717, 1.165) is 17.7 Å². The van der Waals surface area contributed by atoms with Crippen LogP contribution < -0.4 is 10.1 Å². The summed E-state index contributed by atoms with van der Waals surface area (Å²) in [7, 11) is 1.63. The second-order valence-electron chi connectivity index (χ2n) is 4.84. The number of benzene rings is 1. The molecule has 1 N–H and O–H groups in total. The molecule has 112 valence electrons. The average Bonchev–Trinajstić information content (AvgIpc) is 2.50. The Labute approximate surface area is 124 Å². The smallest absolute Gasteiger partial charge is 0.186 e. The molecule has 2 aromatic rings. The third kappa shape index (κ3) is 3.90. The number of nitrogens with one attached hydrogen (secondary N) is 1. The lowest BCUT2D eigenvalue weighted by Crippen LogP contribution is -2.10. The van der Waals surface area contributed by atoms with E-state index < -0.39 is 0 Å². The molecule has 4 nitrogen and oxygen atoms in total. The van der Waals surface area contributed by atoms with E-state index in [0.29, 0.717) is 24.5 Å². The van der Waals surface area contributed by atoms with E-state index in [2.05, 4.69) is 15.3 Å². The molecule has 0 saturated carbocycles. The van der Waals surface area contributed by atoms with Crippen molar-refractivity contribution in [2.24, 2.45) is 0 Å². The zero-order valence-electron chi connectivity index (χ0n) is 12.6. The Hall–Kier alpha value is -2.17. The Kier molecular flexibility index (Phi) is 5.09. The SMILES string of the molecule is CCCNc1nc(Cc2ccc(OC)cc2)nc(C)c1F. The summed E-state index contributed by atoms with van der Waals surface area (Å²) in [5.41, 5.74) is 1.43. The van der Waals surface area contributed by atoms with E-state index in [4.69, 9.17) is 4.74 Å². The molecule has 0 aliphatic carbocycles. The summed E-state index contributed by atoms with van der Waals surface area (Å²) in [6.45, 7) is 4.37. The fourth-order valence-corrected chi connectivity index (χ4v) is 1.98. The Morgan fingerprint density at radius 1 is 1.19 bits per heavy atom. The number of rotatable bonds is 6. The van der Waals surface area contributed by atoms with E-state index in [-0.39, 0.29) is 11.6 Å². The zero-order valence-corrected chi connectivity index (χ0v) is 12.6. The third-order valence-electron chi connectivity index (χ3n) is 3.13. The van der Waals surface area contributed by atoms with Gasteiger partial charge in [-0.15, -0.1) is 0 Å². The predicted molar refractivity (Wildman–Crippen MR) is 81.3 cm³/mol. The second-order valence-corrected chi connectivity index (χ2v) is 4.84. The minimum Gasteiger partial charge on any atom is -0.497 e. The quantitative estimate of drug-likeness (QED) is 0.886. The summed E-state index contributed by atoms with van der Waals surface area (Å²) < 4.78 is 19.1. The van der Waals surface area contributed by atoms with E-state index in [9.17, 15) is 4.39 Å². The Morgan fingerprint density at radius 2 is 1.90 bits per heavy atom. The number of hydrogen-bond donors (Lipinski definition) is 1. The largest absolute Gasteiger partial charge is 0.497 e. The van der Waals surface area contributed by atoms with Gasteiger partial charge in [-0.3, -0.25) is 0 Å². The van der Waals surface area contributed by atoms with Crippen LogP contribution in [0.15, 0.2) is 24.3 Å². The number of nitrogens with zero attached hydrogens (tertiary/aromatic N) is 2. The zero-order chi connectivity index (χ0) is 15.2. The van der Waals surface area contributed by atoms with Gasteiger partial charge in [0, 0.05) is 13.0 Å². The van der Waals surface area contributed by atoms with Gasteiger partial charge >= 0.3 is 0 Å². The van der Waals surface area contributed by atoms with Crippen molar-refractivity contribution in [2.75, 3.05) is 19.0 Å². The average molecular weight is 289 g/mol. The van der Waals surface area contributed by atoms with Crippen LogP contribution in [0, 0.1) is 12.7 Å². The monoisotopic (exact) mass is 289 g/mol. The first-order chi connectivity index (χ1) is 10.1. The van der Waals surface area contributed by atoms with Crippen molar-refractivity contribution in [3.8, 4) is 5.75 Å². The summed E-state index contributed by atoms with van der Waals surface area (Å²) in [5, 5.41) is 3.00. The van der Waals surface area contributed by atoms with Crippen LogP contribution in [-0.4, -0.2) is 23.6 Å². The lowest BCUT2D eigenvalue weighted by molar-refractivity contribution is 0.414. The molecule has 21 heavy (non-hydrogen) atoms. The van der Waals surface area contributed by atoms with Crippen molar-refractivity contribution >= 4 is 5.82 Å². The first kappa shape index (κ1) is 15.2. The highest BCUT2D eigenvalue weighted by Crippen LogP contribution is 2.17. The maximum Gasteiger partial charge on any atom is 0.186 e. The number of halogens is 1. The van der Waals surface area contributed by atoms with Gasteiger partial charge in [-0.1, -0.05) is 19.1 Å². The lowest BCUT2D eigenvalue weighted by Gasteiger charge is -2.10. The topological polar surface area (TPSA) is 47.0 Å². The summed E-state index contributed by atoms with van der Waals surface area (Å²) in [4.78, 5) is 8.50. The van der Waals surface area contributed by atoms with Gasteiger partial charge in [-0.2, -0.15) is 0 Å². The minimum atomic E-state index is -0.373. The van der Waals surface area contributed by atoms with Gasteiger partial charge in [0.05, 0.1) is 12.8 Å². The van der Waals surface area contributed by atoms with Crippen molar-refractivity contribution in [1.29, 1.82) is 0 Å². The molecule has 0 aliphatic heterocycles. The molecular weight excluding hydrogens is 269 g/mol. The number of aromatic nitrogens is 2. The van der Waals surface area contributed by atoms with Gasteiger partial charge in [0.2, 0.25) is 0 Å². The summed E-state index contributed by atoms with van der Waals surface area (Å²) in [6, 6.07) is 7.70. The maximum atomic E-state index is 13.9. The molecule has 2 rings (SSSR count). The van der Waals surface area contributed by atoms with Crippen molar-refractivity contribution in [2.45, 2.75) is 26.7 Å². The molecule has 0 atom stereocenters. The highest BCUT2D eigenvalue weighted by atomic mass is 19.1. The van der Waals surface area contributed by atoms with Gasteiger partial charge in [0.1, 0.15) is 11.6 Å². The number of anilines is 1. The highest BCUT2D eigenvalue weighted by molar-refractivity contribution is 5.39. The van der Waals surface area contributed by atoms with Crippen molar-refractivity contribution in [3.05, 3.63) is 47.2 Å². The van der Waals surface area contributed by atoms with Gasteiger partial charge in [0.15, 0.2) is 11.6 Å². The van der Waals surface area contributed by atoms with Crippen molar-refractivity contribution in [1.82, 2.24) is 9.97 Å². The maximum absolute atomic E-state index is 13.9. The minimum absolute atomic E-state index is 0.285. The third-order valence-corrected chi connectivity index (χ3v) is 3.13. The first-order valence-electron chi connectivity index (χ1n) is 7.03. The Balaban J connectivity index is 2.20. The molecule has 0 aliphatic rings. The number of hydrogen-bond acceptors (Lipinski definition) is 4. The van der Waals surface area contributed by atoms with Gasteiger partial charge in [-0.25, -0.2) is 14.4 Å². The fraction of sp³-hybridized carbons (Fsp3) is 0.375. The van der Waals surface area contributed by atoms with Gasteiger partial charge in [-0.05, 0) is 31.0 Å².